The number of benzene rings is 1. The first-order valence-electron chi connectivity index (χ1n) is 6.32. The van der Waals surface area contributed by atoms with E-state index in [-0.39, 0.29) is 15.5 Å². The quantitative estimate of drug-likeness (QED) is 0.800. The van der Waals surface area contributed by atoms with Crippen LogP contribution in [0.2, 0.25) is 5.02 Å². The highest BCUT2D eigenvalue weighted by Gasteiger charge is 2.25. The molecular formula is C13H18BrClN2O3S. The first-order chi connectivity index (χ1) is 9.48. The van der Waals surface area contributed by atoms with Crippen molar-refractivity contribution >= 4 is 43.5 Å². The van der Waals surface area contributed by atoms with Gasteiger partial charge in [-0.05, 0) is 32.4 Å². The molecule has 0 heterocycles. The standard InChI is InChI=1S/C13H18BrClN2O3S/c1-4-5-13(2,3)17-12(18)9-6-8(14)7-10(11(9)15)21(16,19)20/h6-7H,4-5H2,1-3H3,(H,17,18)(H2,16,19,20). The van der Waals surface area contributed by atoms with Crippen LogP contribution in [0.3, 0.4) is 0 Å². The number of hydrogen-bond donors (Lipinski definition) is 2. The van der Waals surface area contributed by atoms with Gasteiger partial charge >= 0.3 is 0 Å². The van der Waals surface area contributed by atoms with Crippen molar-refractivity contribution in [3.63, 3.8) is 0 Å². The van der Waals surface area contributed by atoms with Crippen molar-refractivity contribution in [2.24, 2.45) is 5.14 Å². The van der Waals surface area contributed by atoms with Crippen LogP contribution < -0.4 is 10.5 Å². The summed E-state index contributed by atoms with van der Waals surface area (Å²) >= 11 is 9.19. The van der Waals surface area contributed by atoms with E-state index in [1.165, 1.54) is 12.1 Å². The monoisotopic (exact) mass is 396 g/mol. The molecule has 0 aliphatic rings. The maximum Gasteiger partial charge on any atom is 0.253 e. The normalized spacial score (nSPS) is 12.3. The first kappa shape index (κ1) is 18.4. The lowest BCUT2D eigenvalue weighted by Crippen LogP contribution is -2.43. The lowest BCUT2D eigenvalue weighted by molar-refractivity contribution is 0.0909. The van der Waals surface area contributed by atoms with Crippen molar-refractivity contribution < 1.29 is 13.2 Å². The van der Waals surface area contributed by atoms with E-state index >= 15 is 0 Å². The molecule has 5 nitrogen and oxygen atoms in total. The first-order valence-corrected chi connectivity index (χ1v) is 9.04. The average molecular weight is 398 g/mol. The number of amides is 1. The van der Waals surface area contributed by atoms with E-state index < -0.39 is 21.5 Å². The molecule has 21 heavy (non-hydrogen) atoms. The summed E-state index contributed by atoms with van der Waals surface area (Å²) in [6.07, 6.45) is 1.69. The van der Waals surface area contributed by atoms with Crippen LogP contribution in [0.1, 0.15) is 44.0 Å². The molecular weight excluding hydrogens is 380 g/mol. The third kappa shape index (κ3) is 4.95. The zero-order chi connectivity index (χ0) is 16.4. The Kier molecular flexibility index (Phi) is 5.83. The Balaban J connectivity index is 3.26. The zero-order valence-electron chi connectivity index (χ0n) is 12.0. The molecule has 0 spiro atoms. The van der Waals surface area contributed by atoms with Crippen LogP contribution in [-0.4, -0.2) is 19.9 Å². The number of rotatable bonds is 5. The fourth-order valence-corrected chi connectivity index (χ4v) is 3.78. The van der Waals surface area contributed by atoms with E-state index in [2.05, 4.69) is 21.2 Å². The molecule has 0 bridgehead atoms. The van der Waals surface area contributed by atoms with Gasteiger partial charge in [0.15, 0.2) is 0 Å². The van der Waals surface area contributed by atoms with Gasteiger partial charge in [0.05, 0.1) is 10.6 Å². The van der Waals surface area contributed by atoms with E-state index in [1.807, 2.05) is 20.8 Å². The van der Waals surface area contributed by atoms with Gasteiger partial charge in [0.2, 0.25) is 10.0 Å². The zero-order valence-corrected chi connectivity index (χ0v) is 15.2. The molecule has 1 rings (SSSR count). The maximum atomic E-state index is 12.3. The summed E-state index contributed by atoms with van der Waals surface area (Å²) in [5.74, 6) is -0.440. The van der Waals surface area contributed by atoms with Gasteiger partial charge in [0.25, 0.3) is 5.91 Å². The molecule has 0 aliphatic carbocycles. The number of carbonyl (C=O) groups is 1. The Morgan fingerprint density at radius 3 is 2.48 bits per heavy atom. The lowest BCUT2D eigenvalue weighted by Gasteiger charge is -2.26. The van der Waals surface area contributed by atoms with E-state index in [0.717, 1.165) is 12.8 Å². The topological polar surface area (TPSA) is 89.3 Å². The number of hydrogen-bond acceptors (Lipinski definition) is 3. The Labute approximate surface area is 138 Å². The minimum absolute atomic E-state index is 0.0687. The third-order valence-electron chi connectivity index (χ3n) is 2.88. The minimum Gasteiger partial charge on any atom is -0.347 e. The molecule has 8 heteroatoms. The van der Waals surface area contributed by atoms with Crippen LogP contribution >= 0.6 is 27.5 Å². The van der Waals surface area contributed by atoms with Gasteiger partial charge in [-0.15, -0.1) is 0 Å². The number of nitrogens with one attached hydrogen (secondary N) is 1. The molecule has 0 radical (unpaired) electrons. The molecule has 0 fully saturated rings. The summed E-state index contributed by atoms with van der Waals surface area (Å²) in [6.45, 7) is 5.79. The fraction of sp³-hybridized carbons (Fsp3) is 0.462. The second-order valence-corrected chi connectivity index (χ2v) is 8.22. The predicted octanol–water partition coefficient (Wildman–Crippen LogP) is 3.06. The molecule has 1 amide bonds. The SMILES string of the molecule is CCCC(C)(C)NC(=O)c1cc(Br)cc(S(N)(=O)=O)c1Cl. The molecule has 1 aromatic carbocycles. The summed E-state index contributed by atoms with van der Waals surface area (Å²) in [6, 6.07) is 2.74. The van der Waals surface area contributed by atoms with Gasteiger partial charge in [0, 0.05) is 10.0 Å². The second kappa shape index (κ2) is 6.64. The largest absolute Gasteiger partial charge is 0.347 e. The minimum atomic E-state index is -4.01. The van der Waals surface area contributed by atoms with Crippen LogP contribution in [0.4, 0.5) is 0 Å². The molecule has 0 aromatic heterocycles. The smallest absolute Gasteiger partial charge is 0.253 e. The van der Waals surface area contributed by atoms with E-state index in [1.54, 1.807) is 0 Å². The molecule has 0 saturated carbocycles. The number of primary sulfonamides is 1. The van der Waals surface area contributed by atoms with Crippen LogP contribution in [0, 0.1) is 0 Å². The van der Waals surface area contributed by atoms with Gasteiger partial charge in [-0.25, -0.2) is 13.6 Å². The lowest BCUT2D eigenvalue weighted by atomic mass is 9.98. The molecule has 118 valence electrons. The van der Waals surface area contributed by atoms with Crippen molar-refractivity contribution in [3.8, 4) is 0 Å². The number of sulfonamides is 1. The van der Waals surface area contributed by atoms with Crippen molar-refractivity contribution in [1.29, 1.82) is 0 Å². The second-order valence-electron chi connectivity index (χ2n) is 5.40. The van der Waals surface area contributed by atoms with Crippen LogP contribution in [0.5, 0.6) is 0 Å². The average Bonchev–Trinajstić information content (AvgIpc) is 2.29. The van der Waals surface area contributed by atoms with Crippen molar-refractivity contribution in [1.82, 2.24) is 5.32 Å². The maximum absolute atomic E-state index is 12.3. The molecule has 0 unspecified atom stereocenters. The highest BCUT2D eigenvalue weighted by molar-refractivity contribution is 9.10. The molecule has 1 aromatic rings. The van der Waals surface area contributed by atoms with Crippen LogP contribution in [0.15, 0.2) is 21.5 Å². The molecule has 0 saturated heterocycles. The third-order valence-corrected chi connectivity index (χ3v) is 4.79. The molecule has 0 atom stereocenters. The van der Waals surface area contributed by atoms with Gasteiger partial charge in [-0.2, -0.15) is 0 Å². The highest BCUT2D eigenvalue weighted by atomic mass is 79.9. The van der Waals surface area contributed by atoms with E-state index in [0.29, 0.717) is 4.47 Å². The Morgan fingerprint density at radius 2 is 2.00 bits per heavy atom. The van der Waals surface area contributed by atoms with Crippen molar-refractivity contribution in [3.05, 3.63) is 27.2 Å². The Bertz CT molecular complexity index is 660. The summed E-state index contributed by atoms with van der Waals surface area (Å²) in [4.78, 5) is 12.1. The predicted molar refractivity (Wildman–Crippen MR) is 87.0 cm³/mol. The Hall–Kier alpha value is -0.630. The fourth-order valence-electron chi connectivity index (χ4n) is 2.00. The van der Waals surface area contributed by atoms with E-state index in [4.69, 9.17) is 16.7 Å². The van der Waals surface area contributed by atoms with Gasteiger partial charge < -0.3 is 5.32 Å². The van der Waals surface area contributed by atoms with E-state index in [9.17, 15) is 13.2 Å². The molecule has 3 N–H and O–H groups in total. The number of nitrogens with two attached hydrogens (primary N) is 1. The van der Waals surface area contributed by atoms with Gasteiger partial charge in [-0.1, -0.05) is 40.9 Å². The number of carbonyl (C=O) groups excluding carboxylic acids is 1. The van der Waals surface area contributed by atoms with Crippen LogP contribution in [0.25, 0.3) is 0 Å². The van der Waals surface area contributed by atoms with Gasteiger partial charge in [0.1, 0.15) is 4.90 Å². The Morgan fingerprint density at radius 1 is 1.43 bits per heavy atom. The van der Waals surface area contributed by atoms with Gasteiger partial charge in [-0.3, -0.25) is 4.79 Å². The van der Waals surface area contributed by atoms with Crippen molar-refractivity contribution in [2.75, 3.05) is 0 Å². The number of halogens is 2. The summed E-state index contributed by atoms with van der Waals surface area (Å²) < 4.78 is 23.4. The van der Waals surface area contributed by atoms with Crippen LogP contribution in [-0.2, 0) is 10.0 Å². The van der Waals surface area contributed by atoms with Crippen molar-refractivity contribution in [2.45, 2.75) is 44.0 Å². The highest BCUT2D eigenvalue weighted by Crippen LogP contribution is 2.29. The summed E-state index contributed by atoms with van der Waals surface area (Å²) in [7, 11) is -4.01. The summed E-state index contributed by atoms with van der Waals surface area (Å²) in [5.41, 5.74) is -0.349. The summed E-state index contributed by atoms with van der Waals surface area (Å²) in [5, 5.41) is 7.77. The molecule has 0 aliphatic heterocycles.